The predicted octanol–water partition coefficient (Wildman–Crippen LogP) is 2.73. The molecule has 0 amide bonds. The molecule has 0 radical (unpaired) electrons. The van der Waals surface area contributed by atoms with Crippen molar-refractivity contribution in [1.82, 2.24) is 29.5 Å². The van der Waals surface area contributed by atoms with Crippen molar-refractivity contribution in [3.63, 3.8) is 0 Å². The van der Waals surface area contributed by atoms with Crippen molar-refractivity contribution in [2.75, 3.05) is 39.3 Å². The summed E-state index contributed by atoms with van der Waals surface area (Å²) >= 11 is 0. The van der Waals surface area contributed by atoms with Gasteiger partial charge in [-0.25, -0.2) is 5.10 Å². The molecule has 1 aliphatic rings. The second kappa shape index (κ2) is 9.19. The predicted molar refractivity (Wildman–Crippen MR) is 118 cm³/mol. The number of aryl methyl sites for hydroxylation is 1. The summed E-state index contributed by atoms with van der Waals surface area (Å²) < 4.78 is 1.94. The third-order valence-electron chi connectivity index (χ3n) is 5.65. The van der Waals surface area contributed by atoms with E-state index in [2.05, 4.69) is 61.4 Å². The minimum absolute atomic E-state index is 0.159. The normalized spacial score (nSPS) is 15.8. The Morgan fingerprint density at radius 1 is 1.10 bits per heavy atom. The average Bonchev–Trinajstić information content (AvgIpc) is 3.37. The first-order chi connectivity index (χ1) is 14.6. The number of aromatic nitrogens is 4. The van der Waals surface area contributed by atoms with Crippen molar-refractivity contribution < 1.29 is 4.79 Å². The molecule has 30 heavy (non-hydrogen) atoms. The Bertz CT molecular complexity index is 998. The van der Waals surface area contributed by atoms with Gasteiger partial charge in [0.2, 0.25) is 5.95 Å². The topological polar surface area (TPSA) is 70.1 Å². The smallest absolute Gasteiger partial charge is 0.229 e. The van der Waals surface area contributed by atoms with Crippen LogP contribution >= 0.6 is 0 Å². The molecular weight excluding hydrogens is 376 g/mol. The quantitative estimate of drug-likeness (QED) is 0.613. The molecule has 7 heteroatoms. The molecule has 1 N–H and O–H groups in total. The van der Waals surface area contributed by atoms with Gasteiger partial charge in [0.15, 0.2) is 5.78 Å². The first kappa shape index (κ1) is 20.3. The van der Waals surface area contributed by atoms with Crippen LogP contribution in [0.25, 0.3) is 12.0 Å². The summed E-state index contributed by atoms with van der Waals surface area (Å²) in [5.74, 6) is 0.799. The van der Waals surface area contributed by atoms with Gasteiger partial charge in [-0.15, -0.1) is 0 Å². The van der Waals surface area contributed by atoms with Gasteiger partial charge < -0.3 is 0 Å². The third kappa shape index (κ3) is 4.58. The van der Waals surface area contributed by atoms with E-state index in [0.29, 0.717) is 12.5 Å². The number of hydrogen-bond donors (Lipinski definition) is 1. The lowest BCUT2D eigenvalue weighted by atomic mass is 10.1. The van der Waals surface area contributed by atoms with E-state index in [-0.39, 0.29) is 5.78 Å². The minimum atomic E-state index is 0.159. The van der Waals surface area contributed by atoms with Crippen molar-refractivity contribution in [2.24, 2.45) is 0 Å². The zero-order chi connectivity index (χ0) is 20.9. The molecule has 0 atom stereocenters. The van der Waals surface area contributed by atoms with Crippen LogP contribution in [0.3, 0.4) is 0 Å². The highest BCUT2D eigenvalue weighted by Gasteiger charge is 2.22. The maximum absolute atomic E-state index is 13.0. The second-order valence-corrected chi connectivity index (χ2v) is 7.74. The molecule has 0 spiro atoms. The van der Waals surface area contributed by atoms with Crippen LogP contribution < -0.4 is 0 Å². The van der Waals surface area contributed by atoms with Crippen molar-refractivity contribution in [3.05, 3.63) is 71.3 Å². The summed E-state index contributed by atoms with van der Waals surface area (Å²) in [7, 11) is 0. The molecule has 2 aromatic heterocycles. The standard InChI is InChI=1S/C23H28N6O/c1-18-15-21(19(2)29(18)23-24-17-25-26-23)22(30)16-28-13-11-27(12-14-28)10-6-9-20-7-4-3-5-8-20/h3-9,15,17H,10-14,16H2,1-2H3,(H,24,25,26)/b9-6+. The van der Waals surface area contributed by atoms with Gasteiger partial charge in [-0.05, 0) is 25.5 Å². The van der Waals surface area contributed by atoms with Crippen LogP contribution in [0.4, 0.5) is 0 Å². The molecule has 0 aliphatic carbocycles. The van der Waals surface area contributed by atoms with Crippen LogP contribution in [-0.4, -0.2) is 74.6 Å². The van der Waals surface area contributed by atoms with Crippen molar-refractivity contribution >= 4 is 11.9 Å². The van der Waals surface area contributed by atoms with Crippen molar-refractivity contribution in [3.8, 4) is 5.95 Å². The molecule has 4 rings (SSSR count). The third-order valence-corrected chi connectivity index (χ3v) is 5.65. The Morgan fingerprint density at radius 2 is 1.83 bits per heavy atom. The van der Waals surface area contributed by atoms with Gasteiger partial charge in [-0.2, -0.15) is 10.1 Å². The lowest BCUT2D eigenvalue weighted by molar-refractivity contribution is 0.0864. The molecule has 3 heterocycles. The van der Waals surface area contributed by atoms with Crippen LogP contribution in [-0.2, 0) is 0 Å². The van der Waals surface area contributed by atoms with Gasteiger partial charge in [0.05, 0.1) is 6.54 Å². The Labute approximate surface area is 177 Å². The molecular formula is C23H28N6O. The second-order valence-electron chi connectivity index (χ2n) is 7.74. The lowest BCUT2D eigenvalue weighted by Crippen LogP contribution is -2.47. The number of rotatable bonds is 7. The van der Waals surface area contributed by atoms with E-state index >= 15 is 0 Å². The number of hydrogen-bond acceptors (Lipinski definition) is 5. The van der Waals surface area contributed by atoms with Crippen LogP contribution in [0, 0.1) is 13.8 Å². The fourth-order valence-electron chi connectivity index (χ4n) is 4.00. The summed E-state index contributed by atoms with van der Waals surface area (Å²) in [6.45, 7) is 9.10. The summed E-state index contributed by atoms with van der Waals surface area (Å²) in [6, 6.07) is 12.3. The first-order valence-electron chi connectivity index (χ1n) is 10.4. The molecule has 0 saturated carbocycles. The summed E-state index contributed by atoms with van der Waals surface area (Å²) in [4.78, 5) is 21.8. The Hall–Kier alpha value is -3.03. The summed E-state index contributed by atoms with van der Waals surface area (Å²) in [5.41, 5.74) is 3.86. The molecule has 3 aromatic rings. The van der Waals surface area contributed by atoms with Crippen molar-refractivity contribution in [2.45, 2.75) is 13.8 Å². The Kier molecular flexibility index (Phi) is 6.21. The zero-order valence-corrected chi connectivity index (χ0v) is 17.6. The lowest BCUT2D eigenvalue weighted by Gasteiger charge is -2.33. The number of H-pyrrole nitrogens is 1. The average molecular weight is 405 g/mol. The highest BCUT2D eigenvalue weighted by atomic mass is 16.1. The van der Waals surface area contributed by atoms with Gasteiger partial charge in [0.25, 0.3) is 0 Å². The van der Waals surface area contributed by atoms with Gasteiger partial charge in [0.1, 0.15) is 6.33 Å². The van der Waals surface area contributed by atoms with Crippen LogP contribution in [0.2, 0.25) is 0 Å². The van der Waals surface area contributed by atoms with E-state index < -0.39 is 0 Å². The maximum Gasteiger partial charge on any atom is 0.229 e. The monoisotopic (exact) mass is 404 g/mol. The number of aromatic amines is 1. The number of Topliss-reactive ketones (excluding diaryl/α,β-unsaturated/α-hetero) is 1. The first-order valence-corrected chi connectivity index (χ1v) is 10.4. The van der Waals surface area contributed by atoms with Crippen LogP contribution in [0.1, 0.15) is 27.3 Å². The van der Waals surface area contributed by atoms with E-state index in [9.17, 15) is 4.79 Å². The van der Waals surface area contributed by atoms with E-state index in [1.165, 1.54) is 11.9 Å². The Balaban J connectivity index is 1.30. The molecule has 7 nitrogen and oxygen atoms in total. The largest absolute Gasteiger partial charge is 0.297 e. The highest BCUT2D eigenvalue weighted by Crippen LogP contribution is 2.19. The van der Waals surface area contributed by atoms with E-state index in [1.807, 2.05) is 30.5 Å². The number of piperazine rings is 1. The van der Waals surface area contributed by atoms with Gasteiger partial charge in [0, 0.05) is 49.7 Å². The number of nitrogens with one attached hydrogen (secondary N) is 1. The minimum Gasteiger partial charge on any atom is -0.297 e. The van der Waals surface area contributed by atoms with E-state index in [4.69, 9.17) is 0 Å². The molecule has 1 aromatic carbocycles. The molecule has 0 unspecified atom stereocenters. The van der Waals surface area contributed by atoms with Crippen molar-refractivity contribution in [1.29, 1.82) is 0 Å². The van der Waals surface area contributed by atoms with Crippen LogP contribution in [0.15, 0.2) is 48.8 Å². The number of carbonyl (C=O) groups excluding carboxylic acids is 1. The fourth-order valence-corrected chi connectivity index (χ4v) is 4.00. The SMILES string of the molecule is Cc1cc(C(=O)CN2CCN(C/C=C/c3ccccc3)CC2)c(C)n1-c1ncn[nH]1. The van der Waals surface area contributed by atoms with Gasteiger partial charge >= 0.3 is 0 Å². The Morgan fingerprint density at radius 3 is 2.53 bits per heavy atom. The fraction of sp³-hybridized carbons (Fsp3) is 0.348. The highest BCUT2D eigenvalue weighted by molar-refractivity contribution is 5.99. The summed E-state index contributed by atoms with van der Waals surface area (Å²) in [6.07, 6.45) is 5.86. The molecule has 1 saturated heterocycles. The summed E-state index contributed by atoms with van der Waals surface area (Å²) in [5, 5.41) is 6.78. The molecule has 1 aliphatic heterocycles. The molecule has 156 valence electrons. The molecule has 1 fully saturated rings. The number of ketones is 1. The number of benzene rings is 1. The van der Waals surface area contributed by atoms with E-state index in [1.54, 1.807) is 0 Å². The number of carbonyl (C=O) groups is 1. The number of nitrogens with zero attached hydrogens (tertiary/aromatic N) is 5. The van der Waals surface area contributed by atoms with Gasteiger partial charge in [-0.1, -0.05) is 42.5 Å². The maximum atomic E-state index is 13.0. The zero-order valence-electron chi connectivity index (χ0n) is 17.6. The van der Waals surface area contributed by atoms with E-state index in [0.717, 1.165) is 49.7 Å². The van der Waals surface area contributed by atoms with Gasteiger partial charge in [-0.3, -0.25) is 19.2 Å². The molecule has 0 bridgehead atoms. The van der Waals surface area contributed by atoms with Crippen LogP contribution in [0.5, 0.6) is 0 Å².